The highest BCUT2D eigenvalue weighted by molar-refractivity contribution is 5.81. The van der Waals surface area contributed by atoms with Crippen LogP contribution in [0.5, 0.6) is 0 Å². The number of hydrogen-bond donors (Lipinski definition) is 2. The number of rotatable bonds is 5. The second-order valence-electron chi connectivity index (χ2n) is 5.50. The molecule has 1 fully saturated rings. The highest BCUT2D eigenvalue weighted by Gasteiger charge is 2.23. The van der Waals surface area contributed by atoms with Crippen molar-refractivity contribution in [3.63, 3.8) is 0 Å². The maximum atomic E-state index is 11.9. The summed E-state index contributed by atoms with van der Waals surface area (Å²) in [5.74, 6) is 0.819. The lowest BCUT2D eigenvalue weighted by Crippen LogP contribution is -2.49. The summed E-state index contributed by atoms with van der Waals surface area (Å²) in [7, 11) is 2.08. The molecule has 4 heteroatoms. The molecule has 2 unspecified atom stereocenters. The summed E-state index contributed by atoms with van der Waals surface area (Å²) in [6.45, 7) is 9.14. The van der Waals surface area contributed by atoms with Gasteiger partial charge in [0.25, 0.3) is 0 Å². The molecule has 1 aliphatic rings. The lowest BCUT2D eigenvalue weighted by atomic mass is 9.94. The first-order valence-electron chi connectivity index (χ1n) is 6.72. The molecule has 4 nitrogen and oxygen atoms in total. The number of carbonyl (C=O) groups excluding carboxylic acids is 1. The van der Waals surface area contributed by atoms with E-state index in [9.17, 15) is 4.79 Å². The lowest BCUT2D eigenvalue weighted by Gasteiger charge is -2.28. The van der Waals surface area contributed by atoms with Gasteiger partial charge in [0.15, 0.2) is 0 Å². The molecule has 0 spiro atoms. The van der Waals surface area contributed by atoms with Gasteiger partial charge in [-0.05, 0) is 46.2 Å². The van der Waals surface area contributed by atoms with Crippen LogP contribution in [-0.2, 0) is 4.79 Å². The third kappa shape index (κ3) is 5.04. The summed E-state index contributed by atoms with van der Waals surface area (Å²) in [6, 6.07) is 0.544. The Morgan fingerprint density at radius 1 is 1.53 bits per heavy atom. The Bertz CT molecular complexity index is 243. The summed E-state index contributed by atoms with van der Waals surface area (Å²) < 4.78 is 0. The van der Waals surface area contributed by atoms with E-state index >= 15 is 0 Å². The molecule has 1 heterocycles. The van der Waals surface area contributed by atoms with Crippen molar-refractivity contribution in [3.05, 3.63) is 0 Å². The second-order valence-corrected chi connectivity index (χ2v) is 5.50. The van der Waals surface area contributed by atoms with Gasteiger partial charge in [-0.1, -0.05) is 6.92 Å². The van der Waals surface area contributed by atoms with E-state index in [1.165, 1.54) is 6.42 Å². The van der Waals surface area contributed by atoms with Crippen LogP contribution in [0.15, 0.2) is 0 Å². The van der Waals surface area contributed by atoms with Crippen molar-refractivity contribution >= 4 is 5.91 Å². The standard InChI is InChI=1S/C13H27N3O/c1-10(2)16(4)8-7-15-13(17)12-9-11(3)5-6-14-12/h10-12,14H,5-9H2,1-4H3,(H,15,17). The normalized spacial score (nSPS) is 25.3. The smallest absolute Gasteiger partial charge is 0.237 e. The maximum Gasteiger partial charge on any atom is 0.237 e. The molecule has 100 valence electrons. The van der Waals surface area contributed by atoms with Crippen molar-refractivity contribution in [2.24, 2.45) is 5.92 Å². The Balaban J connectivity index is 2.20. The quantitative estimate of drug-likeness (QED) is 0.749. The van der Waals surface area contributed by atoms with Crippen LogP contribution in [0, 0.1) is 5.92 Å². The Labute approximate surface area is 105 Å². The van der Waals surface area contributed by atoms with Crippen molar-refractivity contribution in [2.45, 2.75) is 45.7 Å². The molecule has 1 saturated heterocycles. The van der Waals surface area contributed by atoms with Gasteiger partial charge in [-0.25, -0.2) is 0 Å². The molecular formula is C13H27N3O. The molecule has 0 saturated carbocycles. The summed E-state index contributed by atoms with van der Waals surface area (Å²) in [6.07, 6.45) is 2.14. The molecule has 0 radical (unpaired) electrons. The van der Waals surface area contributed by atoms with Crippen molar-refractivity contribution in [2.75, 3.05) is 26.7 Å². The van der Waals surface area contributed by atoms with Crippen LogP contribution in [0.4, 0.5) is 0 Å². The molecule has 1 rings (SSSR count). The fraction of sp³-hybridized carbons (Fsp3) is 0.923. The van der Waals surface area contributed by atoms with Crippen LogP contribution >= 0.6 is 0 Å². The van der Waals surface area contributed by atoms with Gasteiger partial charge in [-0.3, -0.25) is 4.79 Å². The minimum Gasteiger partial charge on any atom is -0.353 e. The third-order valence-corrected chi connectivity index (χ3v) is 3.63. The molecule has 0 aromatic heterocycles. The number of nitrogens with zero attached hydrogens (tertiary/aromatic N) is 1. The number of piperidine rings is 1. The number of carbonyl (C=O) groups is 1. The number of hydrogen-bond acceptors (Lipinski definition) is 3. The fourth-order valence-electron chi connectivity index (χ4n) is 2.04. The molecule has 1 aliphatic heterocycles. The van der Waals surface area contributed by atoms with Crippen molar-refractivity contribution in [3.8, 4) is 0 Å². The third-order valence-electron chi connectivity index (χ3n) is 3.63. The van der Waals surface area contributed by atoms with E-state index in [4.69, 9.17) is 0 Å². The van der Waals surface area contributed by atoms with Gasteiger partial charge in [0.2, 0.25) is 5.91 Å². The van der Waals surface area contributed by atoms with Gasteiger partial charge in [0.05, 0.1) is 6.04 Å². The molecule has 0 aromatic carbocycles. The monoisotopic (exact) mass is 241 g/mol. The van der Waals surface area contributed by atoms with Crippen LogP contribution in [-0.4, -0.2) is 49.6 Å². The van der Waals surface area contributed by atoms with Gasteiger partial charge < -0.3 is 15.5 Å². The highest BCUT2D eigenvalue weighted by Crippen LogP contribution is 2.14. The topological polar surface area (TPSA) is 44.4 Å². The molecule has 2 atom stereocenters. The lowest BCUT2D eigenvalue weighted by molar-refractivity contribution is -0.124. The van der Waals surface area contributed by atoms with E-state index in [2.05, 4.69) is 43.4 Å². The number of likely N-dealkylation sites (N-methyl/N-ethyl adjacent to an activating group) is 1. The zero-order valence-corrected chi connectivity index (χ0v) is 11.6. The minimum absolute atomic E-state index is 0.0168. The zero-order valence-electron chi connectivity index (χ0n) is 11.6. The number of amides is 1. The van der Waals surface area contributed by atoms with Crippen LogP contribution in [0.1, 0.15) is 33.6 Å². The van der Waals surface area contributed by atoms with Crippen molar-refractivity contribution in [1.29, 1.82) is 0 Å². The summed E-state index contributed by atoms with van der Waals surface area (Å²) in [5.41, 5.74) is 0. The van der Waals surface area contributed by atoms with E-state index in [-0.39, 0.29) is 11.9 Å². The van der Waals surface area contributed by atoms with Gasteiger partial charge in [-0.2, -0.15) is 0 Å². The summed E-state index contributed by atoms with van der Waals surface area (Å²) in [5, 5.41) is 6.30. The summed E-state index contributed by atoms with van der Waals surface area (Å²) >= 11 is 0. The average Bonchev–Trinajstić information content (AvgIpc) is 2.28. The molecule has 1 amide bonds. The molecule has 0 aromatic rings. The minimum atomic E-state index is 0.0168. The first-order chi connectivity index (χ1) is 8.00. The second kappa shape index (κ2) is 6.97. The van der Waals surface area contributed by atoms with Gasteiger partial charge in [0.1, 0.15) is 0 Å². The number of nitrogens with one attached hydrogen (secondary N) is 2. The van der Waals surface area contributed by atoms with E-state index in [1.54, 1.807) is 0 Å². The molecular weight excluding hydrogens is 214 g/mol. The molecule has 2 N–H and O–H groups in total. The van der Waals surface area contributed by atoms with Gasteiger partial charge in [-0.15, -0.1) is 0 Å². The highest BCUT2D eigenvalue weighted by atomic mass is 16.2. The van der Waals surface area contributed by atoms with E-state index in [0.29, 0.717) is 12.0 Å². The van der Waals surface area contributed by atoms with Crippen molar-refractivity contribution in [1.82, 2.24) is 15.5 Å². The van der Waals surface area contributed by atoms with Crippen LogP contribution in [0.2, 0.25) is 0 Å². The van der Waals surface area contributed by atoms with Gasteiger partial charge >= 0.3 is 0 Å². The summed E-state index contributed by atoms with van der Waals surface area (Å²) in [4.78, 5) is 14.1. The zero-order chi connectivity index (χ0) is 12.8. The predicted molar refractivity (Wildman–Crippen MR) is 71.0 cm³/mol. The first kappa shape index (κ1) is 14.5. The molecule has 0 bridgehead atoms. The Hall–Kier alpha value is -0.610. The van der Waals surface area contributed by atoms with E-state index in [0.717, 1.165) is 26.1 Å². The van der Waals surface area contributed by atoms with E-state index in [1.807, 2.05) is 0 Å². The first-order valence-corrected chi connectivity index (χ1v) is 6.72. The van der Waals surface area contributed by atoms with Crippen LogP contribution in [0.25, 0.3) is 0 Å². The molecule has 17 heavy (non-hydrogen) atoms. The average molecular weight is 241 g/mol. The van der Waals surface area contributed by atoms with Gasteiger partial charge in [0, 0.05) is 19.1 Å². The van der Waals surface area contributed by atoms with Crippen molar-refractivity contribution < 1.29 is 4.79 Å². The Morgan fingerprint density at radius 2 is 2.24 bits per heavy atom. The largest absolute Gasteiger partial charge is 0.353 e. The Kier molecular flexibility index (Phi) is 5.92. The molecule has 0 aliphatic carbocycles. The van der Waals surface area contributed by atoms with Crippen LogP contribution < -0.4 is 10.6 Å². The SMILES string of the molecule is CC1CCNC(C(=O)NCCN(C)C(C)C)C1. The van der Waals surface area contributed by atoms with E-state index < -0.39 is 0 Å². The maximum absolute atomic E-state index is 11.9. The fourth-order valence-corrected chi connectivity index (χ4v) is 2.04. The van der Waals surface area contributed by atoms with Crippen LogP contribution in [0.3, 0.4) is 0 Å². The predicted octanol–water partition coefficient (Wildman–Crippen LogP) is 0.831. The Morgan fingerprint density at radius 3 is 2.82 bits per heavy atom.